The largest absolute Gasteiger partial charge is 0.311 e. The van der Waals surface area contributed by atoms with E-state index in [1.807, 2.05) is 0 Å². The highest BCUT2D eigenvalue weighted by Gasteiger charge is 2.49. The summed E-state index contributed by atoms with van der Waals surface area (Å²) in [6, 6.07) is 0. The SMILES string of the molecule is CC1CCC2(CCNC2(C)C)CC1. The van der Waals surface area contributed by atoms with Gasteiger partial charge in [-0.3, -0.25) is 0 Å². The molecule has 2 rings (SSSR count). The smallest absolute Gasteiger partial charge is 0.0181 e. The standard InChI is InChI=1S/C12H23N/c1-10-4-6-12(7-5-10)8-9-13-11(12,2)3/h10,13H,4-9H2,1-3H3. The van der Waals surface area contributed by atoms with Crippen molar-refractivity contribution in [2.45, 2.75) is 58.4 Å². The third kappa shape index (κ3) is 1.41. The fraction of sp³-hybridized carbons (Fsp3) is 1.00. The first-order valence-corrected chi connectivity index (χ1v) is 5.81. The van der Waals surface area contributed by atoms with Gasteiger partial charge in [-0.05, 0) is 51.0 Å². The lowest BCUT2D eigenvalue weighted by Crippen LogP contribution is -2.48. The minimum Gasteiger partial charge on any atom is -0.311 e. The maximum Gasteiger partial charge on any atom is 0.0181 e. The topological polar surface area (TPSA) is 12.0 Å². The lowest BCUT2D eigenvalue weighted by molar-refractivity contribution is 0.0884. The third-order valence-electron chi connectivity index (χ3n) is 4.73. The van der Waals surface area contributed by atoms with Gasteiger partial charge in [0.1, 0.15) is 0 Å². The molecule has 2 aliphatic rings. The molecule has 0 aromatic carbocycles. The Morgan fingerprint density at radius 1 is 1.08 bits per heavy atom. The number of rotatable bonds is 0. The van der Waals surface area contributed by atoms with E-state index >= 15 is 0 Å². The molecule has 1 N–H and O–H groups in total. The molecule has 0 radical (unpaired) electrons. The van der Waals surface area contributed by atoms with Crippen LogP contribution in [0.1, 0.15) is 52.9 Å². The van der Waals surface area contributed by atoms with E-state index in [1.165, 1.54) is 38.6 Å². The molecule has 0 atom stereocenters. The van der Waals surface area contributed by atoms with E-state index in [-0.39, 0.29) is 0 Å². The average molecular weight is 181 g/mol. The summed E-state index contributed by atoms with van der Waals surface area (Å²) in [5.41, 5.74) is 1.03. The Hall–Kier alpha value is -0.0400. The van der Waals surface area contributed by atoms with Crippen molar-refractivity contribution >= 4 is 0 Å². The van der Waals surface area contributed by atoms with E-state index < -0.39 is 0 Å². The molecule has 0 unspecified atom stereocenters. The van der Waals surface area contributed by atoms with Gasteiger partial charge in [0.2, 0.25) is 0 Å². The van der Waals surface area contributed by atoms with Crippen molar-refractivity contribution in [3.05, 3.63) is 0 Å². The van der Waals surface area contributed by atoms with Crippen LogP contribution < -0.4 is 5.32 Å². The van der Waals surface area contributed by atoms with Crippen LogP contribution in [-0.4, -0.2) is 12.1 Å². The minimum atomic E-state index is 0.396. The first kappa shape index (κ1) is 9.51. The molecule has 1 aliphatic heterocycles. The molecule has 1 aliphatic carbocycles. The van der Waals surface area contributed by atoms with Crippen molar-refractivity contribution < 1.29 is 0 Å². The summed E-state index contributed by atoms with van der Waals surface area (Å²) in [5.74, 6) is 0.974. The second kappa shape index (κ2) is 2.98. The Labute approximate surface area is 82.3 Å². The van der Waals surface area contributed by atoms with E-state index in [9.17, 15) is 0 Å². The average Bonchev–Trinajstić information content (AvgIpc) is 2.34. The monoisotopic (exact) mass is 181 g/mol. The molecule has 1 saturated carbocycles. The predicted molar refractivity (Wildman–Crippen MR) is 56.8 cm³/mol. The zero-order valence-electron chi connectivity index (χ0n) is 9.32. The van der Waals surface area contributed by atoms with Crippen LogP contribution in [-0.2, 0) is 0 Å². The second-order valence-electron chi connectivity index (χ2n) is 5.76. The van der Waals surface area contributed by atoms with Crippen LogP contribution in [0.5, 0.6) is 0 Å². The van der Waals surface area contributed by atoms with Crippen molar-refractivity contribution in [2.75, 3.05) is 6.54 Å². The van der Waals surface area contributed by atoms with Crippen LogP contribution in [0.25, 0.3) is 0 Å². The molecular formula is C12H23N. The van der Waals surface area contributed by atoms with Crippen LogP contribution in [0.3, 0.4) is 0 Å². The number of hydrogen-bond donors (Lipinski definition) is 1. The highest BCUT2D eigenvalue weighted by molar-refractivity contribution is 5.05. The first-order valence-electron chi connectivity index (χ1n) is 5.81. The van der Waals surface area contributed by atoms with Crippen LogP contribution in [0.4, 0.5) is 0 Å². The molecule has 76 valence electrons. The van der Waals surface area contributed by atoms with E-state index in [0.29, 0.717) is 11.0 Å². The summed E-state index contributed by atoms with van der Waals surface area (Å²) in [6.07, 6.45) is 7.21. The van der Waals surface area contributed by atoms with Gasteiger partial charge in [0, 0.05) is 5.54 Å². The Morgan fingerprint density at radius 3 is 2.15 bits per heavy atom. The van der Waals surface area contributed by atoms with Crippen LogP contribution in [0.2, 0.25) is 0 Å². The second-order valence-corrected chi connectivity index (χ2v) is 5.76. The highest BCUT2D eigenvalue weighted by Crippen LogP contribution is 2.51. The first-order chi connectivity index (χ1) is 6.06. The van der Waals surface area contributed by atoms with Gasteiger partial charge < -0.3 is 5.32 Å². The van der Waals surface area contributed by atoms with Gasteiger partial charge in [-0.2, -0.15) is 0 Å². The summed E-state index contributed by atoms with van der Waals surface area (Å²) >= 11 is 0. The van der Waals surface area contributed by atoms with Gasteiger partial charge in [-0.1, -0.05) is 19.8 Å². The Kier molecular flexibility index (Phi) is 2.18. The van der Waals surface area contributed by atoms with Gasteiger partial charge in [-0.25, -0.2) is 0 Å². The number of nitrogens with one attached hydrogen (secondary N) is 1. The summed E-state index contributed by atoms with van der Waals surface area (Å²) in [5, 5.41) is 3.67. The number of hydrogen-bond acceptors (Lipinski definition) is 1. The van der Waals surface area contributed by atoms with Crippen molar-refractivity contribution in [2.24, 2.45) is 11.3 Å². The van der Waals surface area contributed by atoms with Crippen LogP contribution in [0.15, 0.2) is 0 Å². The normalized spacial score (nSPS) is 44.1. The zero-order chi connectivity index (χ0) is 9.53. The van der Waals surface area contributed by atoms with Gasteiger partial charge >= 0.3 is 0 Å². The molecule has 1 heteroatoms. The summed E-state index contributed by atoms with van der Waals surface area (Å²) in [7, 11) is 0. The summed E-state index contributed by atoms with van der Waals surface area (Å²) in [6.45, 7) is 8.44. The van der Waals surface area contributed by atoms with E-state index in [1.54, 1.807) is 0 Å². The molecular weight excluding hydrogens is 158 g/mol. The van der Waals surface area contributed by atoms with Gasteiger partial charge in [0.05, 0.1) is 0 Å². The maximum absolute atomic E-state index is 3.67. The minimum absolute atomic E-state index is 0.396. The Bertz CT molecular complexity index is 187. The molecule has 0 bridgehead atoms. The quantitative estimate of drug-likeness (QED) is 0.606. The zero-order valence-corrected chi connectivity index (χ0v) is 9.32. The molecule has 0 aromatic rings. The van der Waals surface area contributed by atoms with Gasteiger partial charge in [0.15, 0.2) is 0 Å². The molecule has 2 fully saturated rings. The predicted octanol–water partition coefficient (Wildman–Crippen LogP) is 2.95. The van der Waals surface area contributed by atoms with Crippen molar-refractivity contribution in [3.63, 3.8) is 0 Å². The molecule has 0 amide bonds. The molecule has 1 spiro atoms. The van der Waals surface area contributed by atoms with E-state index in [0.717, 1.165) is 5.92 Å². The highest BCUT2D eigenvalue weighted by atomic mass is 15.0. The van der Waals surface area contributed by atoms with Crippen molar-refractivity contribution in [1.82, 2.24) is 5.32 Å². The van der Waals surface area contributed by atoms with E-state index in [4.69, 9.17) is 0 Å². The van der Waals surface area contributed by atoms with Gasteiger partial charge in [-0.15, -0.1) is 0 Å². The maximum atomic E-state index is 3.67. The fourth-order valence-electron chi connectivity index (χ4n) is 3.30. The molecule has 13 heavy (non-hydrogen) atoms. The Morgan fingerprint density at radius 2 is 1.69 bits per heavy atom. The molecule has 1 nitrogen and oxygen atoms in total. The lowest BCUT2D eigenvalue weighted by atomic mass is 9.62. The lowest BCUT2D eigenvalue weighted by Gasteiger charge is -2.45. The van der Waals surface area contributed by atoms with Crippen LogP contribution in [0, 0.1) is 11.3 Å². The molecule has 0 aromatic heterocycles. The Balaban J connectivity index is 2.12. The van der Waals surface area contributed by atoms with Gasteiger partial charge in [0.25, 0.3) is 0 Å². The summed E-state index contributed by atoms with van der Waals surface area (Å²) in [4.78, 5) is 0. The fourth-order valence-corrected chi connectivity index (χ4v) is 3.30. The van der Waals surface area contributed by atoms with Crippen molar-refractivity contribution in [3.8, 4) is 0 Å². The molecule has 1 saturated heterocycles. The summed E-state index contributed by atoms with van der Waals surface area (Å²) < 4.78 is 0. The van der Waals surface area contributed by atoms with Crippen molar-refractivity contribution in [1.29, 1.82) is 0 Å². The van der Waals surface area contributed by atoms with Crippen LogP contribution >= 0.6 is 0 Å². The van der Waals surface area contributed by atoms with E-state index in [2.05, 4.69) is 26.1 Å². The third-order valence-corrected chi connectivity index (χ3v) is 4.73. The molecule has 1 heterocycles.